The maximum absolute atomic E-state index is 6.39. The molecule has 0 aliphatic carbocycles. The highest BCUT2D eigenvalue weighted by molar-refractivity contribution is 7.20. The zero-order chi connectivity index (χ0) is 37.1. The first-order valence-corrected chi connectivity index (χ1v) is 21.2. The third-order valence-corrected chi connectivity index (χ3v) is 16.3. The van der Waals surface area contributed by atoms with Gasteiger partial charge in [-0.15, -0.1) is 0 Å². The lowest BCUT2D eigenvalue weighted by atomic mass is 9.86. The van der Waals surface area contributed by atoms with Crippen molar-refractivity contribution in [2.45, 2.75) is 26.2 Å². The molecule has 0 N–H and O–H groups in total. The molecule has 8 aromatic carbocycles. The summed E-state index contributed by atoms with van der Waals surface area (Å²) in [7, 11) is -2.97. The van der Waals surface area contributed by atoms with Crippen LogP contribution < -0.4 is 20.7 Å². The van der Waals surface area contributed by atoms with E-state index in [-0.39, 0.29) is 5.41 Å². The average molecular weight is 724 g/mol. The Kier molecular flexibility index (Phi) is 7.76. The number of fused-ring (bicyclic) bond motifs is 6. The minimum atomic E-state index is -2.97. The molecule has 0 amide bonds. The molecule has 2 aromatic heterocycles. The first kappa shape index (κ1) is 33.2. The quantitative estimate of drug-likeness (QED) is 0.123. The van der Waals surface area contributed by atoms with E-state index in [0.29, 0.717) is 0 Å². The minimum absolute atomic E-state index is 0.0513. The van der Waals surface area contributed by atoms with Gasteiger partial charge in [0.15, 0.2) is 8.07 Å². The molecular weight excluding hydrogens is 683 g/mol. The summed E-state index contributed by atoms with van der Waals surface area (Å²) in [5.74, 6) is 0. The molecule has 2 heterocycles. The van der Waals surface area contributed by atoms with E-state index in [1.165, 1.54) is 59.2 Å². The van der Waals surface area contributed by atoms with Gasteiger partial charge < -0.3 is 8.98 Å². The number of hydrogen-bond donors (Lipinski definition) is 0. The van der Waals surface area contributed by atoms with E-state index in [2.05, 4.69) is 213 Å². The summed E-state index contributed by atoms with van der Waals surface area (Å²) in [6.45, 7) is 6.88. The molecule has 0 radical (unpaired) electrons. The third kappa shape index (κ3) is 5.38. The number of furan rings is 1. The second kappa shape index (κ2) is 12.9. The molecule has 1 atom stereocenters. The molecular formula is C52H41NOSi. The van der Waals surface area contributed by atoms with E-state index in [1.54, 1.807) is 0 Å². The highest BCUT2D eigenvalue weighted by Crippen LogP contribution is 2.35. The van der Waals surface area contributed by atoms with E-state index in [1.807, 2.05) is 6.07 Å². The molecule has 55 heavy (non-hydrogen) atoms. The lowest BCUT2D eigenvalue weighted by molar-refractivity contribution is 0.591. The van der Waals surface area contributed by atoms with Crippen LogP contribution in [0.25, 0.3) is 60.6 Å². The maximum Gasteiger partial charge on any atom is 0.179 e. The van der Waals surface area contributed by atoms with Crippen molar-refractivity contribution in [3.63, 3.8) is 0 Å². The fourth-order valence-electron chi connectivity index (χ4n) is 8.79. The fraction of sp³-hybridized carbons (Fsp3) is 0.0769. The first-order valence-electron chi connectivity index (χ1n) is 19.2. The van der Waals surface area contributed by atoms with Gasteiger partial charge in [-0.2, -0.15) is 0 Å². The van der Waals surface area contributed by atoms with Crippen molar-refractivity contribution in [2.75, 3.05) is 0 Å². The Morgan fingerprint density at radius 3 is 1.76 bits per heavy atom. The van der Waals surface area contributed by atoms with Gasteiger partial charge in [0.25, 0.3) is 0 Å². The standard InChI is InChI=1S/C52H41NOSi/c1-52(2,3)38-27-31-49-46(33-38)44-21-10-12-23-48(44)53(49)39-17-14-20-42(34-39)55(40-18-8-5-9-19-40,41-28-25-37(26-29-41)36-15-6-4-7-16-36)43-30-32-51-47(35-43)45-22-11-13-24-50(45)54-51/h4-35H,1-3H3. The lowest BCUT2D eigenvalue weighted by Gasteiger charge is -2.35. The zero-order valence-corrected chi connectivity index (χ0v) is 32.3. The van der Waals surface area contributed by atoms with Crippen LogP contribution in [0.15, 0.2) is 199 Å². The Morgan fingerprint density at radius 2 is 0.982 bits per heavy atom. The largest absolute Gasteiger partial charge is 0.456 e. The normalized spacial score (nSPS) is 13.1. The van der Waals surface area contributed by atoms with Gasteiger partial charge in [0.1, 0.15) is 11.2 Å². The van der Waals surface area contributed by atoms with Crippen LogP contribution in [0, 0.1) is 0 Å². The molecule has 0 aliphatic heterocycles. The summed E-state index contributed by atoms with van der Waals surface area (Å²) in [4.78, 5) is 0. The molecule has 0 aliphatic rings. The number of hydrogen-bond acceptors (Lipinski definition) is 1. The van der Waals surface area contributed by atoms with Crippen LogP contribution in [0.3, 0.4) is 0 Å². The maximum atomic E-state index is 6.39. The lowest BCUT2D eigenvalue weighted by Crippen LogP contribution is -2.74. The van der Waals surface area contributed by atoms with E-state index in [0.717, 1.165) is 27.6 Å². The Balaban J connectivity index is 1.27. The Morgan fingerprint density at radius 1 is 0.400 bits per heavy atom. The topological polar surface area (TPSA) is 18.1 Å². The molecule has 264 valence electrons. The van der Waals surface area contributed by atoms with E-state index < -0.39 is 8.07 Å². The number of aromatic nitrogens is 1. The minimum Gasteiger partial charge on any atom is -0.456 e. The molecule has 0 saturated carbocycles. The van der Waals surface area contributed by atoms with Crippen LogP contribution in [0.5, 0.6) is 0 Å². The first-order chi connectivity index (χ1) is 26.9. The number of nitrogens with zero attached hydrogens (tertiary/aromatic N) is 1. The van der Waals surface area contributed by atoms with Crippen LogP contribution in [-0.4, -0.2) is 12.6 Å². The van der Waals surface area contributed by atoms with Gasteiger partial charge in [-0.05, 0) is 85.3 Å². The summed E-state index contributed by atoms with van der Waals surface area (Å²) < 4.78 is 8.86. The van der Waals surface area contributed by atoms with Crippen LogP contribution in [-0.2, 0) is 5.41 Å². The van der Waals surface area contributed by atoms with Crippen molar-refractivity contribution < 1.29 is 4.42 Å². The van der Waals surface area contributed by atoms with E-state index in [9.17, 15) is 0 Å². The zero-order valence-electron chi connectivity index (χ0n) is 31.3. The molecule has 10 rings (SSSR count). The summed E-state index contributed by atoms with van der Waals surface area (Å²) in [6.07, 6.45) is 0. The Labute approximate surface area is 322 Å². The van der Waals surface area contributed by atoms with Crippen LogP contribution in [0.1, 0.15) is 26.3 Å². The highest BCUT2D eigenvalue weighted by Gasteiger charge is 2.42. The van der Waals surface area contributed by atoms with Crippen molar-refractivity contribution in [1.82, 2.24) is 4.57 Å². The third-order valence-electron chi connectivity index (χ3n) is 11.5. The van der Waals surface area contributed by atoms with Crippen LogP contribution >= 0.6 is 0 Å². The molecule has 1 unspecified atom stereocenters. The predicted molar refractivity (Wildman–Crippen MR) is 236 cm³/mol. The van der Waals surface area contributed by atoms with Crippen molar-refractivity contribution in [2.24, 2.45) is 0 Å². The van der Waals surface area contributed by atoms with Gasteiger partial charge in [0.05, 0.1) is 11.0 Å². The van der Waals surface area contributed by atoms with Gasteiger partial charge in [0.2, 0.25) is 0 Å². The van der Waals surface area contributed by atoms with Crippen molar-refractivity contribution in [1.29, 1.82) is 0 Å². The molecule has 0 spiro atoms. The number of rotatable bonds is 6. The van der Waals surface area contributed by atoms with Crippen LogP contribution in [0.2, 0.25) is 0 Å². The smallest absolute Gasteiger partial charge is 0.179 e. The molecule has 0 bridgehead atoms. The van der Waals surface area contributed by atoms with Gasteiger partial charge in [-0.25, -0.2) is 0 Å². The predicted octanol–water partition coefficient (Wildman–Crippen LogP) is 11.0. The number of benzene rings is 8. The molecule has 0 saturated heterocycles. The van der Waals surface area contributed by atoms with Gasteiger partial charge in [0, 0.05) is 27.2 Å². The van der Waals surface area contributed by atoms with Crippen molar-refractivity contribution >= 4 is 72.6 Å². The van der Waals surface area contributed by atoms with Gasteiger partial charge >= 0.3 is 0 Å². The van der Waals surface area contributed by atoms with Crippen molar-refractivity contribution in [3.05, 3.63) is 200 Å². The summed E-state index contributed by atoms with van der Waals surface area (Å²) in [5, 5.41) is 10.2. The van der Waals surface area contributed by atoms with Gasteiger partial charge in [-0.1, -0.05) is 172 Å². The Bertz CT molecular complexity index is 3000. The molecule has 2 nitrogen and oxygen atoms in total. The van der Waals surface area contributed by atoms with Crippen LogP contribution in [0.4, 0.5) is 0 Å². The van der Waals surface area contributed by atoms with E-state index >= 15 is 0 Å². The highest BCUT2D eigenvalue weighted by atomic mass is 28.3. The van der Waals surface area contributed by atoms with Crippen molar-refractivity contribution in [3.8, 4) is 16.8 Å². The number of para-hydroxylation sites is 2. The second-order valence-electron chi connectivity index (χ2n) is 15.8. The average Bonchev–Trinajstić information content (AvgIpc) is 3.77. The fourth-order valence-corrected chi connectivity index (χ4v) is 13.6. The molecule has 0 fully saturated rings. The summed E-state index contributed by atoms with van der Waals surface area (Å²) in [5.41, 5.74) is 9.24. The van der Waals surface area contributed by atoms with Gasteiger partial charge in [-0.3, -0.25) is 0 Å². The van der Waals surface area contributed by atoms with E-state index in [4.69, 9.17) is 4.42 Å². The molecule has 10 aromatic rings. The monoisotopic (exact) mass is 723 g/mol. The summed E-state index contributed by atoms with van der Waals surface area (Å²) in [6, 6.07) is 71.9. The second-order valence-corrected chi connectivity index (χ2v) is 19.6. The summed E-state index contributed by atoms with van der Waals surface area (Å²) >= 11 is 0. The Hall–Kier alpha value is -6.42. The SMILES string of the molecule is CC(C)(C)c1ccc2c(c1)c1ccccc1n2-c1cccc([Si](c2ccccc2)(c2ccc(-c3ccccc3)cc2)c2ccc3oc4ccccc4c3c2)c1. The molecule has 3 heteroatoms.